The molecule has 0 fully saturated rings. The number of anilines is 1. The van der Waals surface area contributed by atoms with Crippen LogP contribution in [0.25, 0.3) is 0 Å². The second-order valence-electron chi connectivity index (χ2n) is 6.57. The number of amides is 2. The van der Waals surface area contributed by atoms with Gasteiger partial charge in [-0.2, -0.15) is 0 Å². The van der Waals surface area contributed by atoms with E-state index in [9.17, 15) is 9.59 Å². The number of nitrogens with zero attached hydrogens (tertiary/aromatic N) is 1. The Bertz CT molecular complexity index is 777. The van der Waals surface area contributed by atoms with Crippen LogP contribution in [-0.4, -0.2) is 24.9 Å². The number of carbonyl (C=O) groups excluding carboxylic acids is 2. The molecule has 2 aromatic rings. The zero-order chi connectivity index (χ0) is 19.3. The Morgan fingerprint density at radius 3 is 2.15 bits per heavy atom. The van der Waals surface area contributed by atoms with Crippen molar-refractivity contribution in [2.24, 2.45) is 0 Å². The zero-order valence-electron chi connectivity index (χ0n) is 15.7. The molecule has 0 heterocycles. The van der Waals surface area contributed by atoms with Gasteiger partial charge in [0.05, 0.1) is 6.42 Å². The molecule has 2 aromatic carbocycles. The Kier molecular flexibility index (Phi) is 6.81. The fraction of sp³-hybridized carbons (Fsp3) is 0.333. The van der Waals surface area contributed by atoms with Crippen molar-refractivity contribution in [1.82, 2.24) is 5.32 Å². The summed E-state index contributed by atoms with van der Waals surface area (Å²) in [5, 5.41) is 3.53. The molecular formula is C21H25ClN2O2. The number of benzene rings is 2. The molecule has 26 heavy (non-hydrogen) atoms. The summed E-state index contributed by atoms with van der Waals surface area (Å²) < 4.78 is 0. The second kappa shape index (κ2) is 8.86. The Labute approximate surface area is 160 Å². The van der Waals surface area contributed by atoms with Crippen molar-refractivity contribution in [3.05, 3.63) is 63.7 Å². The first-order valence-corrected chi connectivity index (χ1v) is 9.03. The van der Waals surface area contributed by atoms with Crippen LogP contribution >= 0.6 is 11.6 Å². The highest BCUT2D eigenvalue weighted by Gasteiger charge is 2.16. The van der Waals surface area contributed by atoms with Gasteiger partial charge in [0, 0.05) is 30.7 Å². The molecule has 0 spiro atoms. The molecule has 0 radical (unpaired) electrons. The van der Waals surface area contributed by atoms with Crippen molar-refractivity contribution in [1.29, 1.82) is 0 Å². The molecule has 2 rings (SSSR count). The molecule has 138 valence electrons. The van der Waals surface area contributed by atoms with E-state index in [2.05, 4.69) is 17.4 Å². The van der Waals surface area contributed by atoms with Crippen molar-refractivity contribution < 1.29 is 9.59 Å². The standard InChI is InChI=1S/C21H25ClN2O2/c1-14-11-15(2)21(16(3)12-14)24(17(4)25)10-9-23-20(26)13-18-5-7-19(22)8-6-18/h5-8,11-12H,9-10,13H2,1-4H3,(H,23,26). The number of nitrogens with one attached hydrogen (secondary N) is 1. The van der Waals surface area contributed by atoms with Crippen LogP contribution in [0, 0.1) is 20.8 Å². The van der Waals surface area contributed by atoms with Crippen LogP contribution in [0.4, 0.5) is 5.69 Å². The van der Waals surface area contributed by atoms with E-state index in [-0.39, 0.29) is 11.8 Å². The quantitative estimate of drug-likeness (QED) is 0.833. The van der Waals surface area contributed by atoms with E-state index < -0.39 is 0 Å². The molecule has 4 nitrogen and oxygen atoms in total. The summed E-state index contributed by atoms with van der Waals surface area (Å²) in [5.74, 6) is -0.111. The summed E-state index contributed by atoms with van der Waals surface area (Å²) in [7, 11) is 0. The highest BCUT2D eigenvalue weighted by molar-refractivity contribution is 6.30. The number of hydrogen-bond donors (Lipinski definition) is 1. The summed E-state index contributed by atoms with van der Waals surface area (Å²) in [6, 6.07) is 11.3. The van der Waals surface area contributed by atoms with Gasteiger partial charge in [0.15, 0.2) is 0 Å². The minimum absolute atomic E-state index is 0.0352. The van der Waals surface area contributed by atoms with E-state index in [0.29, 0.717) is 24.5 Å². The Morgan fingerprint density at radius 2 is 1.62 bits per heavy atom. The summed E-state index contributed by atoms with van der Waals surface area (Å²) in [5.41, 5.74) is 5.12. The van der Waals surface area contributed by atoms with Crippen molar-refractivity contribution >= 4 is 29.1 Å². The zero-order valence-corrected chi connectivity index (χ0v) is 16.5. The number of carbonyl (C=O) groups is 2. The van der Waals surface area contributed by atoms with Gasteiger partial charge in [0.2, 0.25) is 11.8 Å². The molecular weight excluding hydrogens is 348 g/mol. The van der Waals surface area contributed by atoms with E-state index in [1.165, 1.54) is 5.56 Å². The van der Waals surface area contributed by atoms with Crippen LogP contribution in [0.5, 0.6) is 0 Å². The van der Waals surface area contributed by atoms with Crippen molar-refractivity contribution in [3.63, 3.8) is 0 Å². The topological polar surface area (TPSA) is 49.4 Å². The van der Waals surface area contributed by atoms with Gasteiger partial charge in [-0.3, -0.25) is 9.59 Å². The van der Waals surface area contributed by atoms with Crippen LogP contribution in [0.3, 0.4) is 0 Å². The van der Waals surface area contributed by atoms with Crippen LogP contribution in [0.1, 0.15) is 29.2 Å². The minimum Gasteiger partial charge on any atom is -0.354 e. The van der Waals surface area contributed by atoms with Crippen LogP contribution in [-0.2, 0) is 16.0 Å². The first kappa shape index (κ1) is 20.0. The molecule has 0 saturated heterocycles. The van der Waals surface area contributed by atoms with E-state index >= 15 is 0 Å². The molecule has 0 unspecified atom stereocenters. The van der Waals surface area contributed by atoms with Gasteiger partial charge in [0.25, 0.3) is 0 Å². The number of aryl methyl sites for hydroxylation is 3. The molecule has 2 amide bonds. The van der Waals surface area contributed by atoms with Crippen molar-refractivity contribution in [2.45, 2.75) is 34.1 Å². The average molecular weight is 373 g/mol. The van der Waals surface area contributed by atoms with Crippen molar-refractivity contribution in [3.8, 4) is 0 Å². The highest BCUT2D eigenvalue weighted by Crippen LogP contribution is 2.26. The van der Waals surface area contributed by atoms with E-state index in [1.807, 2.05) is 32.9 Å². The lowest BCUT2D eigenvalue weighted by molar-refractivity contribution is -0.121. The predicted molar refractivity (Wildman–Crippen MR) is 107 cm³/mol. The van der Waals surface area contributed by atoms with E-state index in [1.54, 1.807) is 24.0 Å². The van der Waals surface area contributed by atoms with Gasteiger partial charge >= 0.3 is 0 Å². The largest absolute Gasteiger partial charge is 0.354 e. The summed E-state index contributed by atoms with van der Waals surface area (Å²) in [6.45, 7) is 8.44. The summed E-state index contributed by atoms with van der Waals surface area (Å²) >= 11 is 5.85. The minimum atomic E-state index is -0.0758. The monoisotopic (exact) mass is 372 g/mol. The molecule has 0 aliphatic carbocycles. The van der Waals surface area contributed by atoms with Crippen LogP contribution in [0.2, 0.25) is 5.02 Å². The molecule has 0 atom stereocenters. The van der Waals surface area contributed by atoms with Crippen LogP contribution in [0.15, 0.2) is 36.4 Å². The predicted octanol–water partition coefficient (Wildman–Crippen LogP) is 3.98. The summed E-state index contributed by atoms with van der Waals surface area (Å²) in [6.07, 6.45) is 0.291. The SMILES string of the molecule is CC(=O)N(CCNC(=O)Cc1ccc(Cl)cc1)c1c(C)cc(C)cc1C. The number of rotatable bonds is 6. The fourth-order valence-electron chi connectivity index (χ4n) is 3.18. The normalized spacial score (nSPS) is 10.5. The van der Waals surface area contributed by atoms with Gasteiger partial charge < -0.3 is 10.2 Å². The molecule has 0 saturated carbocycles. The van der Waals surface area contributed by atoms with Gasteiger partial charge in [0.1, 0.15) is 0 Å². The second-order valence-corrected chi connectivity index (χ2v) is 7.01. The Balaban J connectivity index is 1.98. The third-order valence-electron chi connectivity index (χ3n) is 4.22. The third-order valence-corrected chi connectivity index (χ3v) is 4.47. The molecule has 0 aromatic heterocycles. The number of hydrogen-bond acceptors (Lipinski definition) is 2. The molecule has 1 N–H and O–H groups in total. The lowest BCUT2D eigenvalue weighted by Gasteiger charge is -2.25. The van der Waals surface area contributed by atoms with Gasteiger partial charge in [-0.15, -0.1) is 0 Å². The molecule has 0 bridgehead atoms. The average Bonchev–Trinajstić information content (AvgIpc) is 2.54. The van der Waals surface area contributed by atoms with Gasteiger partial charge in [-0.1, -0.05) is 41.4 Å². The highest BCUT2D eigenvalue weighted by atomic mass is 35.5. The lowest BCUT2D eigenvalue weighted by atomic mass is 10.0. The maximum atomic E-state index is 12.1. The molecule has 0 aliphatic rings. The molecule has 5 heteroatoms. The molecule has 0 aliphatic heterocycles. The fourth-order valence-corrected chi connectivity index (χ4v) is 3.31. The number of halogens is 1. The third kappa shape index (κ3) is 5.33. The maximum absolute atomic E-state index is 12.1. The van der Waals surface area contributed by atoms with E-state index in [0.717, 1.165) is 22.4 Å². The van der Waals surface area contributed by atoms with Gasteiger partial charge in [-0.05, 0) is 49.6 Å². The first-order chi connectivity index (χ1) is 12.3. The smallest absolute Gasteiger partial charge is 0.224 e. The van der Waals surface area contributed by atoms with Gasteiger partial charge in [-0.25, -0.2) is 0 Å². The Hall–Kier alpha value is -2.33. The Morgan fingerprint density at radius 1 is 1.04 bits per heavy atom. The van der Waals surface area contributed by atoms with E-state index in [4.69, 9.17) is 11.6 Å². The van der Waals surface area contributed by atoms with Crippen LogP contribution < -0.4 is 10.2 Å². The lowest BCUT2D eigenvalue weighted by Crippen LogP contribution is -2.38. The summed E-state index contributed by atoms with van der Waals surface area (Å²) in [4.78, 5) is 26.0. The first-order valence-electron chi connectivity index (χ1n) is 8.65. The van der Waals surface area contributed by atoms with Crippen molar-refractivity contribution in [2.75, 3.05) is 18.0 Å². The maximum Gasteiger partial charge on any atom is 0.224 e.